The Morgan fingerprint density at radius 1 is 1.05 bits per heavy atom. The number of hydrogen-bond acceptors (Lipinski definition) is 2. The molecule has 2 N–H and O–H groups in total. The Balaban J connectivity index is 2.32. The number of aromatic amines is 1. The Morgan fingerprint density at radius 2 is 1.86 bits per heavy atom. The van der Waals surface area contributed by atoms with E-state index < -0.39 is 5.97 Å². The van der Waals surface area contributed by atoms with Gasteiger partial charge in [0.05, 0.1) is 23.6 Å². The molecular formula is C18H13NO3. The van der Waals surface area contributed by atoms with Gasteiger partial charge >= 0.3 is 5.97 Å². The van der Waals surface area contributed by atoms with Crippen LogP contribution in [-0.4, -0.2) is 23.2 Å². The highest BCUT2D eigenvalue weighted by Crippen LogP contribution is 2.40. The van der Waals surface area contributed by atoms with E-state index in [2.05, 4.69) is 4.98 Å². The number of carbonyl (C=O) groups is 1. The van der Waals surface area contributed by atoms with E-state index >= 15 is 0 Å². The third-order valence-electron chi connectivity index (χ3n) is 4.02. The van der Waals surface area contributed by atoms with Gasteiger partial charge in [0.2, 0.25) is 0 Å². The summed E-state index contributed by atoms with van der Waals surface area (Å²) in [5, 5.41) is 13.0. The fraction of sp³-hybridized carbons (Fsp3) is 0.0556. The molecule has 0 aliphatic heterocycles. The Morgan fingerprint density at radius 3 is 2.64 bits per heavy atom. The van der Waals surface area contributed by atoms with E-state index in [0.717, 1.165) is 27.2 Å². The van der Waals surface area contributed by atoms with E-state index in [1.54, 1.807) is 19.2 Å². The van der Waals surface area contributed by atoms with Gasteiger partial charge < -0.3 is 14.8 Å². The maximum Gasteiger partial charge on any atom is 0.336 e. The molecule has 3 aromatic carbocycles. The van der Waals surface area contributed by atoms with E-state index in [1.807, 2.05) is 36.4 Å². The topological polar surface area (TPSA) is 62.3 Å². The van der Waals surface area contributed by atoms with E-state index in [-0.39, 0.29) is 5.56 Å². The number of benzene rings is 3. The molecule has 4 rings (SSSR count). The van der Waals surface area contributed by atoms with Gasteiger partial charge in [0.15, 0.2) is 0 Å². The summed E-state index contributed by atoms with van der Waals surface area (Å²) >= 11 is 0. The summed E-state index contributed by atoms with van der Waals surface area (Å²) in [5.74, 6) is -0.241. The molecule has 22 heavy (non-hydrogen) atoms. The lowest BCUT2D eigenvalue weighted by Crippen LogP contribution is -1.96. The third-order valence-corrected chi connectivity index (χ3v) is 4.02. The molecule has 0 fully saturated rings. The summed E-state index contributed by atoms with van der Waals surface area (Å²) in [6, 6.07) is 15.2. The number of hydrogen-bond donors (Lipinski definition) is 2. The Bertz CT molecular complexity index is 1050. The zero-order valence-corrected chi connectivity index (χ0v) is 11.9. The number of H-pyrrole nitrogens is 1. The van der Waals surface area contributed by atoms with Crippen LogP contribution in [0.3, 0.4) is 0 Å². The van der Waals surface area contributed by atoms with Crippen molar-refractivity contribution in [3.63, 3.8) is 0 Å². The summed E-state index contributed by atoms with van der Waals surface area (Å²) in [7, 11) is 1.61. The van der Waals surface area contributed by atoms with Crippen LogP contribution >= 0.6 is 0 Å². The molecule has 0 spiro atoms. The highest BCUT2D eigenvalue weighted by molar-refractivity contribution is 6.21. The van der Waals surface area contributed by atoms with Crippen molar-refractivity contribution in [1.29, 1.82) is 0 Å². The predicted molar refractivity (Wildman–Crippen MR) is 86.8 cm³/mol. The van der Waals surface area contributed by atoms with Gasteiger partial charge in [-0.2, -0.15) is 0 Å². The Hall–Kier alpha value is -3.01. The molecule has 0 aliphatic rings. The van der Waals surface area contributed by atoms with Crippen LogP contribution < -0.4 is 4.74 Å². The fourth-order valence-electron chi connectivity index (χ4n) is 3.12. The first kappa shape index (κ1) is 12.7. The third kappa shape index (κ3) is 1.61. The molecule has 0 saturated carbocycles. The maximum absolute atomic E-state index is 11.6. The second kappa shape index (κ2) is 4.49. The van der Waals surface area contributed by atoms with Gasteiger partial charge in [0.1, 0.15) is 5.75 Å². The molecule has 0 radical (unpaired) electrons. The first-order valence-corrected chi connectivity index (χ1v) is 6.94. The normalized spacial score (nSPS) is 11.3. The lowest BCUT2D eigenvalue weighted by atomic mass is 10.0. The molecule has 0 atom stereocenters. The lowest BCUT2D eigenvalue weighted by Gasteiger charge is -2.08. The minimum Gasteiger partial charge on any atom is -0.495 e. The minimum absolute atomic E-state index is 0.275. The molecule has 1 aromatic heterocycles. The Labute approximate surface area is 125 Å². The van der Waals surface area contributed by atoms with Crippen molar-refractivity contribution < 1.29 is 14.6 Å². The summed E-state index contributed by atoms with van der Waals surface area (Å²) in [6.07, 6.45) is 0. The van der Waals surface area contributed by atoms with Gasteiger partial charge in [-0.15, -0.1) is 0 Å². The van der Waals surface area contributed by atoms with Gasteiger partial charge in [-0.1, -0.05) is 30.3 Å². The Kier molecular flexibility index (Phi) is 2.60. The number of rotatable bonds is 2. The molecule has 4 nitrogen and oxygen atoms in total. The highest BCUT2D eigenvalue weighted by atomic mass is 16.5. The van der Waals surface area contributed by atoms with Crippen LogP contribution in [0.15, 0.2) is 48.5 Å². The molecule has 0 unspecified atom stereocenters. The fourth-order valence-corrected chi connectivity index (χ4v) is 3.12. The number of nitrogens with one attached hydrogen (secondary N) is 1. The first-order valence-electron chi connectivity index (χ1n) is 6.94. The van der Waals surface area contributed by atoms with Crippen LogP contribution in [-0.2, 0) is 0 Å². The predicted octanol–water partition coefficient (Wildman–Crippen LogP) is 4.18. The number of aromatic carboxylic acids is 1. The summed E-state index contributed by atoms with van der Waals surface area (Å²) in [6.45, 7) is 0. The van der Waals surface area contributed by atoms with E-state index in [4.69, 9.17) is 4.74 Å². The summed E-state index contributed by atoms with van der Waals surface area (Å²) in [5.41, 5.74) is 1.94. The zero-order valence-electron chi connectivity index (χ0n) is 11.9. The number of methoxy groups -OCH3 is 1. The number of carboxylic acid groups (broad SMARTS) is 1. The van der Waals surface area contributed by atoms with Crippen molar-refractivity contribution in [2.75, 3.05) is 7.11 Å². The average Bonchev–Trinajstić information content (AvgIpc) is 2.90. The van der Waals surface area contributed by atoms with Crippen LogP contribution in [0.5, 0.6) is 5.75 Å². The van der Waals surface area contributed by atoms with Crippen LogP contribution in [0.1, 0.15) is 10.4 Å². The van der Waals surface area contributed by atoms with Crippen LogP contribution in [0.2, 0.25) is 0 Å². The second-order valence-electron chi connectivity index (χ2n) is 5.21. The molecule has 108 valence electrons. The zero-order chi connectivity index (χ0) is 15.3. The van der Waals surface area contributed by atoms with Crippen molar-refractivity contribution in [3.05, 3.63) is 54.1 Å². The number of fused-ring (bicyclic) bond motifs is 4. The first-order chi connectivity index (χ1) is 10.7. The second-order valence-corrected chi connectivity index (χ2v) is 5.21. The largest absolute Gasteiger partial charge is 0.495 e. The summed E-state index contributed by atoms with van der Waals surface area (Å²) in [4.78, 5) is 14.9. The SMILES string of the molecule is COc1c2ccccc2cc2[nH]c3cccc(C(=O)O)c3c12. The monoisotopic (exact) mass is 291 g/mol. The van der Waals surface area contributed by atoms with E-state index in [1.165, 1.54) is 0 Å². The smallest absolute Gasteiger partial charge is 0.336 e. The van der Waals surface area contributed by atoms with Gasteiger partial charge in [-0.05, 0) is 23.6 Å². The van der Waals surface area contributed by atoms with Crippen LogP contribution in [0, 0.1) is 0 Å². The standard InChI is InChI=1S/C18H13NO3/c1-22-17-11-6-3-2-5-10(11)9-14-16(17)15-12(18(20)21)7-4-8-13(15)19-14/h2-9,19H,1H3,(H,20,21). The van der Waals surface area contributed by atoms with E-state index in [9.17, 15) is 9.90 Å². The van der Waals surface area contributed by atoms with E-state index in [0.29, 0.717) is 11.1 Å². The number of carboxylic acids is 1. The molecule has 4 heteroatoms. The summed E-state index contributed by atoms with van der Waals surface area (Å²) < 4.78 is 5.63. The van der Waals surface area contributed by atoms with Crippen LogP contribution in [0.25, 0.3) is 32.6 Å². The van der Waals surface area contributed by atoms with Gasteiger partial charge in [-0.3, -0.25) is 0 Å². The quantitative estimate of drug-likeness (QED) is 0.582. The molecule has 0 saturated heterocycles. The molecule has 1 heterocycles. The minimum atomic E-state index is -0.943. The van der Waals surface area contributed by atoms with Crippen molar-refractivity contribution in [1.82, 2.24) is 4.98 Å². The van der Waals surface area contributed by atoms with Crippen LogP contribution in [0.4, 0.5) is 0 Å². The number of ether oxygens (including phenoxy) is 1. The van der Waals surface area contributed by atoms with Gasteiger partial charge in [0.25, 0.3) is 0 Å². The molecular weight excluding hydrogens is 278 g/mol. The van der Waals surface area contributed by atoms with Gasteiger partial charge in [0, 0.05) is 16.3 Å². The lowest BCUT2D eigenvalue weighted by molar-refractivity contribution is 0.0699. The number of aromatic nitrogens is 1. The molecule has 0 amide bonds. The van der Waals surface area contributed by atoms with Crippen molar-refractivity contribution in [2.24, 2.45) is 0 Å². The van der Waals surface area contributed by atoms with Gasteiger partial charge in [-0.25, -0.2) is 4.79 Å². The maximum atomic E-state index is 11.6. The molecule has 4 aromatic rings. The highest BCUT2D eigenvalue weighted by Gasteiger charge is 2.18. The average molecular weight is 291 g/mol. The van der Waals surface area contributed by atoms with Crippen molar-refractivity contribution in [3.8, 4) is 5.75 Å². The van der Waals surface area contributed by atoms with Crippen molar-refractivity contribution >= 4 is 38.5 Å². The van der Waals surface area contributed by atoms with Crippen molar-refractivity contribution in [2.45, 2.75) is 0 Å². The molecule has 0 aliphatic carbocycles. The molecule has 0 bridgehead atoms.